The number of esters is 1. The zero-order valence-corrected chi connectivity index (χ0v) is 20.9. The Kier molecular flexibility index (Phi) is 10.8. The smallest absolute Gasteiger partial charge is 0.338 e. The van der Waals surface area contributed by atoms with Crippen LogP contribution in [-0.4, -0.2) is 37.1 Å². The number of hydrogen-bond donors (Lipinski definition) is 2. The lowest BCUT2D eigenvalue weighted by Gasteiger charge is -2.22. The summed E-state index contributed by atoms with van der Waals surface area (Å²) in [6.45, 7) is 9.34. The second kappa shape index (κ2) is 13.3. The molecule has 0 radical (unpaired) electrons. The fourth-order valence-corrected chi connectivity index (χ4v) is 4.53. The molecule has 0 bridgehead atoms. The molecule has 0 spiro atoms. The van der Waals surface area contributed by atoms with Gasteiger partial charge in [-0.05, 0) is 69.6 Å². The van der Waals surface area contributed by atoms with Crippen molar-refractivity contribution in [1.29, 1.82) is 0 Å². The minimum atomic E-state index is -0.441. The van der Waals surface area contributed by atoms with E-state index in [9.17, 15) is 14.4 Å². The quantitative estimate of drug-likeness (QED) is 0.331. The van der Waals surface area contributed by atoms with Crippen LogP contribution in [0.5, 0.6) is 0 Å². The van der Waals surface area contributed by atoms with Crippen molar-refractivity contribution in [3.63, 3.8) is 0 Å². The lowest BCUT2D eigenvalue weighted by Crippen LogP contribution is -2.19. The highest BCUT2D eigenvalue weighted by Crippen LogP contribution is 2.35. The van der Waals surface area contributed by atoms with Crippen LogP contribution < -0.4 is 10.6 Å². The van der Waals surface area contributed by atoms with Crippen molar-refractivity contribution in [3.05, 3.63) is 22.3 Å². The highest BCUT2D eigenvalue weighted by Gasteiger charge is 2.24. The highest BCUT2D eigenvalue weighted by atomic mass is 16.5. The third-order valence-corrected chi connectivity index (χ3v) is 6.23. The Hall–Kier alpha value is -2.41. The zero-order valence-electron chi connectivity index (χ0n) is 20.9. The number of ether oxygens (including phenoxy) is 2. The topological polar surface area (TPSA) is 93.7 Å². The van der Waals surface area contributed by atoms with Crippen LogP contribution in [0.1, 0.15) is 98.7 Å². The number of nitrogens with one attached hydrogen (secondary N) is 2. The first-order valence-corrected chi connectivity index (χ1v) is 12.2. The lowest BCUT2D eigenvalue weighted by atomic mass is 9.94. The Morgan fingerprint density at radius 1 is 0.758 bits per heavy atom. The maximum absolute atomic E-state index is 12.9. The average molecular weight is 461 g/mol. The van der Waals surface area contributed by atoms with E-state index in [0.29, 0.717) is 46.3 Å². The monoisotopic (exact) mass is 460 g/mol. The summed E-state index contributed by atoms with van der Waals surface area (Å²) in [6.07, 6.45) is 10.6. The Labute approximate surface area is 198 Å². The van der Waals surface area contributed by atoms with Gasteiger partial charge in [-0.2, -0.15) is 0 Å². The van der Waals surface area contributed by atoms with Crippen LogP contribution in [0.4, 0.5) is 11.4 Å². The van der Waals surface area contributed by atoms with Gasteiger partial charge < -0.3 is 20.1 Å². The number of carbonyl (C=O) groups is 3. The van der Waals surface area contributed by atoms with Crippen molar-refractivity contribution in [1.82, 2.24) is 0 Å². The molecule has 0 unspecified atom stereocenters. The molecule has 7 nitrogen and oxygen atoms in total. The lowest BCUT2D eigenvalue weighted by molar-refractivity contribution is -0.115. The largest absolute Gasteiger partial charge is 0.462 e. The molecular weight excluding hydrogens is 420 g/mol. The molecule has 0 atom stereocenters. The summed E-state index contributed by atoms with van der Waals surface area (Å²) in [5.41, 5.74) is 3.43. The molecule has 1 aromatic rings. The van der Waals surface area contributed by atoms with E-state index in [4.69, 9.17) is 9.47 Å². The average Bonchev–Trinajstić information content (AvgIpc) is 2.76. The molecule has 1 aromatic carbocycles. The van der Waals surface area contributed by atoms with Crippen molar-refractivity contribution >= 4 is 29.2 Å². The van der Waals surface area contributed by atoms with Crippen molar-refractivity contribution in [2.45, 2.75) is 98.5 Å². The molecule has 7 heteroatoms. The maximum Gasteiger partial charge on any atom is 0.338 e. The van der Waals surface area contributed by atoms with Crippen molar-refractivity contribution in [2.75, 3.05) is 23.8 Å². The first-order valence-electron chi connectivity index (χ1n) is 12.2. The van der Waals surface area contributed by atoms with Crippen LogP contribution in [0.3, 0.4) is 0 Å². The van der Waals surface area contributed by atoms with Gasteiger partial charge in [0.1, 0.15) is 0 Å². The van der Waals surface area contributed by atoms with Gasteiger partial charge in [0.2, 0.25) is 11.8 Å². The van der Waals surface area contributed by atoms with Crippen LogP contribution >= 0.6 is 0 Å². The highest BCUT2D eigenvalue weighted by molar-refractivity contribution is 6.03. The van der Waals surface area contributed by atoms with E-state index in [0.717, 1.165) is 32.3 Å². The van der Waals surface area contributed by atoms with Crippen LogP contribution in [0.2, 0.25) is 0 Å². The fraction of sp³-hybridized carbons (Fsp3) is 0.654. The molecule has 0 saturated heterocycles. The molecule has 33 heavy (non-hydrogen) atoms. The molecule has 2 amide bonds. The first-order chi connectivity index (χ1) is 15.7. The van der Waals surface area contributed by atoms with Crippen LogP contribution in [0.25, 0.3) is 0 Å². The van der Waals surface area contributed by atoms with Gasteiger partial charge in [0, 0.05) is 31.8 Å². The number of hydrogen-bond acceptors (Lipinski definition) is 5. The van der Waals surface area contributed by atoms with Crippen molar-refractivity contribution in [3.8, 4) is 0 Å². The van der Waals surface area contributed by atoms with E-state index in [2.05, 4.69) is 10.6 Å². The van der Waals surface area contributed by atoms with Gasteiger partial charge in [-0.25, -0.2) is 4.79 Å². The first kappa shape index (κ1) is 26.8. The third-order valence-electron chi connectivity index (χ3n) is 6.23. The summed E-state index contributed by atoms with van der Waals surface area (Å²) in [4.78, 5) is 36.3. The molecule has 1 aliphatic carbocycles. The Balaban J connectivity index is 1.89. The van der Waals surface area contributed by atoms with E-state index in [1.807, 2.05) is 6.92 Å². The second-order valence-electron chi connectivity index (χ2n) is 9.04. The van der Waals surface area contributed by atoms with Gasteiger partial charge in [0.15, 0.2) is 0 Å². The van der Waals surface area contributed by atoms with E-state index in [-0.39, 0.29) is 11.8 Å². The van der Waals surface area contributed by atoms with Crippen LogP contribution in [-0.2, 0) is 19.1 Å². The second-order valence-corrected chi connectivity index (χ2v) is 9.04. The number of anilines is 2. The van der Waals surface area contributed by atoms with Gasteiger partial charge in [-0.3, -0.25) is 9.59 Å². The van der Waals surface area contributed by atoms with Gasteiger partial charge in [0.05, 0.1) is 18.3 Å². The molecule has 0 aromatic heterocycles. The van der Waals surface area contributed by atoms with E-state index >= 15 is 0 Å². The Morgan fingerprint density at radius 2 is 1.27 bits per heavy atom. The molecule has 1 fully saturated rings. The third kappa shape index (κ3) is 8.14. The van der Waals surface area contributed by atoms with Gasteiger partial charge in [-0.1, -0.05) is 25.7 Å². The zero-order chi connectivity index (χ0) is 24.4. The van der Waals surface area contributed by atoms with E-state index < -0.39 is 5.97 Å². The minimum Gasteiger partial charge on any atom is -0.462 e. The Morgan fingerprint density at radius 3 is 1.79 bits per heavy atom. The number of rotatable bonds is 11. The number of unbranched alkanes of at least 4 members (excludes halogenated alkanes) is 3. The van der Waals surface area contributed by atoms with Gasteiger partial charge >= 0.3 is 5.97 Å². The van der Waals surface area contributed by atoms with Crippen LogP contribution in [0, 0.1) is 20.8 Å². The number of carbonyl (C=O) groups excluding carboxylic acids is 3. The molecule has 0 aliphatic heterocycles. The molecule has 1 aliphatic rings. The molecule has 2 rings (SSSR count). The summed E-state index contributed by atoms with van der Waals surface area (Å²) < 4.78 is 11.5. The maximum atomic E-state index is 12.9. The SMILES string of the molecule is CC(=O)Nc1c(C)c(NC(C)=O)c(C)c(C(=O)OCCCCCCOC2CCCCC2)c1C. The van der Waals surface area contributed by atoms with E-state index in [1.54, 1.807) is 13.8 Å². The minimum absolute atomic E-state index is 0.245. The molecule has 184 valence electrons. The van der Waals surface area contributed by atoms with Crippen LogP contribution in [0.15, 0.2) is 0 Å². The van der Waals surface area contributed by atoms with Gasteiger partial charge in [0.25, 0.3) is 0 Å². The van der Waals surface area contributed by atoms with Crippen molar-refractivity contribution in [2.24, 2.45) is 0 Å². The standard InChI is InChI=1S/C26H40N2O5/c1-17-23(18(2)25(28-21(5)30)19(3)24(17)27-20(4)29)26(31)33-16-12-7-6-11-15-32-22-13-9-8-10-14-22/h22H,6-16H2,1-5H3,(H,27,29)(H,28,30). The normalized spacial score (nSPS) is 14.1. The van der Waals surface area contributed by atoms with Crippen molar-refractivity contribution < 1.29 is 23.9 Å². The summed E-state index contributed by atoms with van der Waals surface area (Å²) in [5.74, 6) is -0.931. The summed E-state index contributed by atoms with van der Waals surface area (Å²) >= 11 is 0. The van der Waals surface area contributed by atoms with Gasteiger partial charge in [-0.15, -0.1) is 0 Å². The molecule has 1 saturated carbocycles. The summed E-state index contributed by atoms with van der Waals surface area (Å²) in [6, 6.07) is 0. The predicted octanol–water partition coefficient (Wildman–Crippen LogP) is 5.60. The Bertz CT molecular complexity index is 801. The molecule has 0 heterocycles. The predicted molar refractivity (Wildman–Crippen MR) is 131 cm³/mol. The summed E-state index contributed by atoms with van der Waals surface area (Å²) in [5, 5.41) is 5.57. The number of amides is 2. The fourth-order valence-electron chi connectivity index (χ4n) is 4.53. The number of benzene rings is 1. The van der Waals surface area contributed by atoms with E-state index in [1.165, 1.54) is 46.0 Å². The molecular formula is C26H40N2O5. The molecule has 2 N–H and O–H groups in total. The summed E-state index contributed by atoms with van der Waals surface area (Å²) in [7, 11) is 0.